The highest BCUT2D eigenvalue weighted by molar-refractivity contribution is 5.60. The highest BCUT2D eigenvalue weighted by Crippen LogP contribution is 2.22. The van der Waals surface area contributed by atoms with Crippen LogP contribution in [0.25, 0.3) is 0 Å². The molecule has 4 nitrogen and oxygen atoms in total. The summed E-state index contributed by atoms with van der Waals surface area (Å²) in [6.07, 6.45) is 0. The van der Waals surface area contributed by atoms with Gasteiger partial charge in [-0.1, -0.05) is 26.0 Å². The van der Waals surface area contributed by atoms with Crippen molar-refractivity contribution in [2.45, 2.75) is 26.7 Å². The molecule has 0 atom stereocenters. The predicted molar refractivity (Wildman–Crippen MR) is 100 cm³/mol. The van der Waals surface area contributed by atoms with Gasteiger partial charge in [-0.05, 0) is 42.7 Å². The minimum Gasteiger partial charge on any atom is -0.340 e. The standard InChI is InChI=1S/C20H20F2N4/c1-12(2)14-4-6-15(7-5-14)25-20-23-13(3)10-19(26-20)24-16-8-9-17(21)18(22)11-16/h4-12H,1-3H3,(H2,23,24,25,26). The van der Waals surface area contributed by atoms with E-state index in [1.165, 1.54) is 11.6 Å². The zero-order valence-electron chi connectivity index (χ0n) is 14.8. The maximum Gasteiger partial charge on any atom is 0.229 e. The van der Waals surface area contributed by atoms with E-state index in [-0.39, 0.29) is 0 Å². The minimum atomic E-state index is -0.913. The van der Waals surface area contributed by atoms with Crippen LogP contribution in [0.1, 0.15) is 31.0 Å². The molecule has 2 aromatic carbocycles. The summed E-state index contributed by atoms with van der Waals surface area (Å²) >= 11 is 0. The van der Waals surface area contributed by atoms with Crippen molar-refractivity contribution in [2.24, 2.45) is 0 Å². The van der Waals surface area contributed by atoms with Crippen LogP contribution in [0.3, 0.4) is 0 Å². The van der Waals surface area contributed by atoms with Gasteiger partial charge in [-0.25, -0.2) is 13.8 Å². The third-order valence-electron chi connectivity index (χ3n) is 3.88. The average Bonchev–Trinajstić information content (AvgIpc) is 2.58. The van der Waals surface area contributed by atoms with Gasteiger partial charge in [0.25, 0.3) is 0 Å². The number of benzene rings is 2. The maximum absolute atomic E-state index is 13.4. The molecule has 0 aliphatic carbocycles. The number of nitrogens with zero attached hydrogens (tertiary/aromatic N) is 2. The predicted octanol–water partition coefficient (Wildman–Crippen LogP) is 5.67. The van der Waals surface area contributed by atoms with Gasteiger partial charge >= 0.3 is 0 Å². The Bertz CT molecular complexity index is 908. The van der Waals surface area contributed by atoms with Crippen molar-refractivity contribution in [1.82, 2.24) is 9.97 Å². The fourth-order valence-electron chi connectivity index (χ4n) is 2.49. The van der Waals surface area contributed by atoms with Crippen molar-refractivity contribution in [3.63, 3.8) is 0 Å². The normalized spacial score (nSPS) is 10.8. The quantitative estimate of drug-likeness (QED) is 0.619. The maximum atomic E-state index is 13.4. The third kappa shape index (κ3) is 4.33. The first-order chi connectivity index (χ1) is 12.4. The fourth-order valence-corrected chi connectivity index (χ4v) is 2.49. The molecule has 3 aromatic rings. The number of nitrogens with one attached hydrogen (secondary N) is 2. The van der Waals surface area contributed by atoms with Gasteiger partial charge in [0.2, 0.25) is 5.95 Å². The van der Waals surface area contributed by atoms with Crippen LogP contribution in [0.2, 0.25) is 0 Å². The lowest BCUT2D eigenvalue weighted by Crippen LogP contribution is -2.03. The molecule has 26 heavy (non-hydrogen) atoms. The summed E-state index contributed by atoms with van der Waals surface area (Å²) in [7, 11) is 0. The van der Waals surface area contributed by atoms with Crippen molar-refractivity contribution in [3.8, 4) is 0 Å². The molecule has 0 amide bonds. The number of rotatable bonds is 5. The Morgan fingerprint density at radius 1 is 0.808 bits per heavy atom. The second kappa shape index (κ2) is 7.47. The summed E-state index contributed by atoms with van der Waals surface area (Å²) < 4.78 is 26.4. The van der Waals surface area contributed by atoms with E-state index in [4.69, 9.17) is 0 Å². The summed E-state index contributed by atoms with van der Waals surface area (Å²) in [4.78, 5) is 8.75. The topological polar surface area (TPSA) is 49.8 Å². The Hall–Kier alpha value is -3.02. The molecule has 1 aromatic heterocycles. The molecule has 1 heterocycles. The number of hydrogen-bond donors (Lipinski definition) is 2. The van der Waals surface area contributed by atoms with Crippen LogP contribution < -0.4 is 10.6 Å². The monoisotopic (exact) mass is 354 g/mol. The molecule has 6 heteroatoms. The van der Waals surface area contributed by atoms with E-state index in [1.54, 1.807) is 6.07 Å². The van der Waals surface area contributed by atoms with Crippen LogP contribution >= 0.6 is 0 Å². The minimum absolute atomic E-state index is 0.411. The van der Waals surface area contributed by atoms with Crippen molar-refractivity contribution < 1.29 is 8.78 Å². The molecule has 0 unspecified atom stereocenters. The molecular formula is C20H20F2N4. The van der Waals surface area contributed by atoms with E-state index < -0.39 is 11.6 Å². The van der Waals surface area contributed by atoms with Gasteiger partial charge in [-0.3, -0.25) is 0 Å². The fraction of sp³-hybridized carbons (Fsp3) is 0.200. The Labute approximate surface area is 151 Å². The van der Waals surface area contributed by atoms with Crippen LogP contribution in [-0.4, -0.2) is 9.97 Å². The van der Waals surface area contributed by atoms with Gasteiger partial charge in [0, 0.05) is 29.2 Å². The second-order valence-electron chi connectivity index (χ2n) is 6.37. The van der Waals surface area contributed by atoms with E-state index >= 15 is 0 Å². The van der Waals surface area contributed by atoms with E-state index in [2.05, 4.69) is 46.6 Å². The van der Waals surface area contributed by atoms with Crippen LogP contribution in [0.4, 0.5) is 31.9 Å². The number of aromatic nitrogens is 2. The first-order valence-electron chi connectivity index (χ1n) is 8.35. The molecule has 134 valence electrons. The molecule has 0 aliphatic heterocycles. The molecule has 0 spiro atoms. The molecule has 2 N–H and O–H groups in total. The van der Waals surface area contributed by atoms with Gasteiger partial charge in [-0.2, -0.15) is 4.98 Å². The molecule has 0 radical (unpaired) electrons. The lowest BCUT2D eigenvalue weighted by molar-refractivity contribution is 0.509. The highest BCUT2D eigenvalue weighted by Gasteiger charge is 2.07. The third-order valence-corrected chi connectivity index (χ3v) is 3.88. The molecule has 0 fully saturated rings. The molecule has 0 aliphatic rings. The average molecular weight is 354 g/mol. The van der Waals surface area contributed by atoms with Gasteiger partial charge in [0.1, 0.15) is 5.82 Å². The van der Waals surface area contributed by atoms with Crippen LogP contribution in [-0.2, 0) is 0 Å². The van der Waals surface area contributed by atoms with Crippen molar-refractivity contribution in [1.29, 1.82) is 0 Å². The zero-order valence-corrected chi connectivity index (χ0v) is 14.8. The van der Waals surface area contributed by atoms with E-state index in [1.807, 2.05) is 19.1 Å². The van der Waals surface area contributed by atoms with Gasteiger partial charge in [0.05, 0.1) is 0 Å². The lowest BCUT2D eigenvalue weighted by atomic mass is 10.0. The second-order valence-corrected chi connectivity index (χ2v) is 6.37. The van der Waals surface area contributed by atoms with Crippen LogP contribution in [0.15, 0.2) is 48.5 Å². The first-order valence-corrected chi connectivity index (χ1v) is 8.35. The Balaban J connectivity index is 1.79. The number of hydrogen-bond acceptors (Lipinski definition) is 4. The van der Waals surface area contributed by atoms with Gasteiger partial charge in [-0.15, -0.1) is 0 Å². The molecule has 0 bridgehead atoms. The van der Waals surface area contributed by atoms with Gasteiger partial charge < -0.3 is 10.6 Å². The molecular weight excluding hydrogens is 334 g/mol. The summed E-state index contributed by atoms with van der Waals surface area (Å²) in [5.41, 5.74) is 3.28. The molecule has 0 saturated heterocycles. The van der Waals surface area contributed by atoms with Crippen LogP contribution in [0.5, 0.6) is 0 Å². The lowest BCUT2D eigenvalue weighted by Gasteiger charge is -2.11. The van der Waals surface area contributed by atoms with Crippen molar-refractivity contribution >= 4 is 23.1 Å². The van der Waals surface area contributed by atoms with Crippen molar-refractivity contribution in [3.05, 3.63) is 71.4 Å². The number of halogens is 2. The Morgan fingerprint density at radius 2 is 1.50 bits per heavy atom. The van der Waals surface area contributed by atoms with E-state index in [0.29, 0.717) is 23.4 Å². The first kappa shape index (κ1) is 17.8. The Kier molecular flexibility index (Phi) is 5.11. The van der Waals surface area contributed by atoms with Gasteiger partial charge in [0.15, 0.2) is 11.6 Å². The van der Waals surface area contributed by atoms with Crippen LogP contribution in [0, 0.1) is 18.6 Å². The molecule has 0 saturated carbocycles. The zero-order chi connectivity index (χ0) is 18.7. The Morgan fingerprint density at radius 3 is 2.15 bits per heavy atom. The largest absolute Gasteiger partial charge is 0.340 e. The SMILES string of the molecule is Cc1cc(Nc2ccc(F)c(F)c2)nc(Nc2ccc(C(C)C)cc2)n1. The summed E-state index contributed by atoms with van der Waals surface area (Å²) in [6, 6.07) is 13.4. The number of anilines is 4. The molecule has 3 rings (SSSR count). The summed E-state index contributed by atoms with van der Waals surface area (Å²) in [5, 5.41) is 6.13. The van der Waals surface area contributed by atoms with E-state index in [0.717, 1.165) is 23.5 Å². The summed E-state index contributed by atoms with van der Waals surface area (Å²) in [5.74, 6) is -0.422. The number of aryl methyl sites for hydroxylation is 1. The van der Waals surface area contributed by atoms with Crippen molar-refractivity contribution in [2.75, 3.05) is 10.6 Å². The van der Waals surface area contributed by atoms with E-state index in [9.17, 15) is 8.78 Å². The summed E-state index contributed by atoms with van der Waals surface area (Å²) in [6.45, 7) is 6.12. The smallest absolute Gasteiger partial charge is 0.229 e. The highest BCUT2D eigenvalue weighted by atomic mass is 19.2.